The molecule has 0 bridgehead atoms. The second-order valence-corrected chi connectivity index (χ2v) is 6.06. The van der Waals surface area contributed by atoms with E-state index in [1.54, 1.807) is 11.3 Å². The number of nitrogens with zero attached hydrogens (tertiary/aromatic N) is 1. The standard InChI is InChI=1S/C15H19NS/c1-10(2)7-13-5-6-14(8-11(13)3)15-12(4)17-9-16-15/h5-6,8-10H,7H2,1-4H3. The molecule has 0 fully saturated rings. The van der Waals surface area contributed by atoms with Crippen LogP contribution in [0.2, 0.25) is 0 Å². The molecular weight excluding hydrogens is 226 g/mol. The Kier molecular flexibility index (Phi) is 3.63. The highest BCUT2D eigenvalue weighted by Crippen LogP contribution is 2.27. The summed E-state index contributed by atoms with van der Waals surface area (Å²) < 4.78 is 0. The lowest BCUT2D eigenvalue weighted by Crippen LogP contribution is -1.97. The third-order valence-corrected chi connectivity index (χ3v) is 3.75. The molecule has 0 spiro atoms. The Morgan fingerprint density at radius 1 is 1.24 bits per heavy atom. The Balaban J connectivity index is 2.34. The second kappa shape index (κ2) is 5.01. The van der Waals surface area contributed by atoms with Gasteiger partial charge >= 0.3 is 0 Å². The Hall–Kier alpha value is -1.15. The number of hydrogen-bond acceptors (Lipinski definition) is 2. The maximum Gasteiger partial charge on any atom is 0.0840 e. The van der Waals surface area contributed by atoms with Gasteiger partial charge in [0.15, 0.2) is 0 Å². The molecule has 1 nitrogen and oxygen atoms in total. The summed E-state index contributed by atoms with van der Waals surface area (Å²) in [5.41, 5.74) is 7.13. The van der Waals surface area contributed by atoms with Gasteiger partial charge in [-0.3, -0.25) is 0 Å². The summed E-state index contributed by atoms with van der Waals surface area (Å²) in [7, 11) is 0. The molecule has 90 valence electrons. The lowest BCUT2D eigenvalue weighted by molar-refractivity contribution is 0.645. The van der Waals surface area contributed by atoms with E-state index in [-0.39, 0.29) is 0 Å². The number of hydrogen-bond donors (Lipinski definition) is 0. The Morgan fingerprint density at radius 2 is 2.00 bits per heavy atom. The number of aryl methyl sites for hydroxylation is 2. The van der Waals surface area contributed by atoms with Crippen LogP contribution in [0.25, 0.3) is 11.3 Å². The van der Waals surface area contributed by atoms with Gasteiger partial charge in [0.1, 0.15) is 0 Å². The molecule has 0 saturated carbocycles. The Labute approximate surface area is 108 Å². The van der Waals surface area contributed by atoms with Crippen molar-refractivity contribution in [3.63, 3.8) is 0 Å². The van der Waals surface area contributed by atoms with Crippen molar-refractivity contribution in [3.05, 3.63) is 39.7 Å². The van der Waals surface area contributed by atoms with Crippen LogP contribution in [0.3, 0.4) is 0 Å². The molecule has 0 aliphatic heterocycles. The fourth-order valence-corrected chi connectivity index (χ4v) is 2.69. The van der Waals surface area contributed by atoms with Crippen molar-refractivity contribution < 1.29 is 0 Å². The number of rotatable bonds is 3. The van der Waals surface area contributed by atoms with Crippen LogP contribution >= 0.6 is 11.3 Å². The van der Waals surface area contributed by atoms with Crippen molar-refractivity contribution in [2.24, 2.45) is 5.92 Å². The summed E-state index contributed by atoms with van der Waals surface area (Å²) in [6.07, 6.45) is 1.15. The molecule has 0 atom stereocenters. The average molecular weight is 245 g/mol. The van der Waals surface area contributed by atoms with E-state index in [0.29, 0.717) is 5.92 Å². The quantitative estimate of drug-likeness (QED) is 0.768. The minimum Gasteiger partial charge on any atom is -0.244 e. The average Bonchev–Trinajstić information content (AvgIpc) is 2.67. The van der Waals surface area contributed by atoms with Crippen LogP contribution in [0.4, 0.5) is 0 Å². The first-order valence-electron chi connectivity index (χ1n) is 6.08. The van der Waals surface area contributed by atoms with Crippen LogP contribution in [0.5, 0.6) is 0 Å². The van der Waals surface area contributed by atoms with Crippen molar-refractivity contribution in [3.8, 4) is 11.3 Å². The molecule has 2 rings (SSSR count). The molecule has 0 saturated heterocycles. The molecule has 17 heavy (non-hydrogen) atoms. The zero-order valence-electron chi connectivity index (χ0n) is 10.9. The summed E-state index contributed by atoms with van der Waals surface area (Å²) >= 11 is 1.71. The summed E-state index contributed by atoms with van der Waals surface area (Å²) in [6.45, 7) is 8.85. The maximum absolute atomic E-state index is 4.44. The smallest absolute Gasteiger partial charge is 0.0840 e. The number of thiazole rings is 1. The zero-order chi connectivity index (χ0) is 12.4. The van der Waals surface area contributed by atoms with Gasteiger partial charge < -0.3 is 0 Å². The summed E-state index contributed by atoms with van der Waals surface area (Å²) in [6, 6.07) is 6.72. The fourth-order valence-electron chi connectivity index (χ4n) is 2.09. The van der Waals surface area contributed by atoms with Crippen molar-refractivity contribution in [2.45, 2.75) is 34.1 Å². The van der Waals surface area contributed by atoms with Gasteiger partial charge in [0, 0.05) is 10.4 Å². The number of aromatic nitrogens is 1. The van der Waals surface area contributed by atoms with E-state index in [4.69, 9.17) is 0 Å². The van der Waals surface area contributed by atoms with Crippen molar-refractivity contribution in [1.82, 2.24) is 4.98 Å². The van der Waals surface area contributed by atoms with Gasteiger partial charge in [0.2, 0.25) is 0 Å². The van der Waals surface area contributed by atoms with Gasteiger partial charge in [-0.25, -0.2) is 4.98 Å². The molecule has 0 radical (unpaired) electrons. The third-order valence-electron chi connectivity index (χ3n) is 2.99. The first-order valence-corrected chi connectivity index (χ1v) is 6.96. The van der Waals surface area contributed by atoms with Crippen LogP contribution in [-0.4, -0.2) is 4.98 Å². The molecule has 0 aliphatic rings. The SMILES string of the molecule is Cc1cc(-c2ncsc2C)ccc1CC(C)C. The lowest BCUT2D eigenvalue weighted by atomic mass is 9.96. The molecule has 1 heterocycles. The fraction of sp³-hybridized carbons (Fsp3) is 0.400. The molecule has 0 N–H and O–H groups in total. The van der Waals surface area contributed by atoms with Crippen LogP contribution in [0.1, 0.15) is 29.9 Å². The van der Waals surface area contributed by atoms with Gasteiger partial charge in [-0.2, -0.15) is 0 Å². The Bertz CT molecular complexity index is 511. The van der Waals surface area contributed by atoms with E-state index in [9.17, 15) is 0 Å². The predicted octanol–water partition coefficient (Wildman–Crippen LogP) is 4.63. The van der Waals surface area contributed by atoms with Crippen molar-refractivity contribution in [1.29, 1.82) is 0 Å². The van der Waals surface area contributed by atoms with Gasteiger partial charge in [-0.1, -0.05) is 26.0 Å². The number of benzene rings is 1. The molecule has 0 aliphatic carbocycles. The van der Waals surface area contributed by atoms with Gasteiger partial charge in [-0.15, -0.1) is 11.3 Å². The first kappa shape index (κ1) is 12.3. The van der Waals surface area contributed by atoms with Crippen LogP contribution in [-0.2, 0) is 6.42 Å². The Morgan fingerprint density at radius 3 is 2.53 bits per heavy atom. The minimum atomic E-state index is 0.709. The van der Waals surface area contributed by atoms with Gasteiger partial charge in [0.25, 0.3) is 0 Å². The highest BCUT2D eigenvalue weighted by atomic mass is 32.1. The first-order chi connectivity index (χ1) is 8.08. The molecule has 2 aromatic rings. The van der Waals surface area contributed by atoms with E-state index in [1.165, 1.54) is 21.6 Å². The van der Waals surface area contributed by atoms with Gasteiger partial charge in [0.05, 0.1) is 11.2 Å². The summed E-state index contributed by atoms with van der Waals surface area (Å²) in [5, 5.41) is 0. The molecule has 0 amide bonds. The monoisotopic (exact) mass is 245 g/mol. The van der Waals surface area contributed by atoms with E-state index < -0.39 is 0 Å². The predicted molar refractivity (Wildman–Crippen MR) is 75.6 cm³/mol. The minimum absolute atomic E-state index is 0.709. The molecular formula is C15H19NS. The molecule has 1 aromatic carbocycles. The molecule has 0 unspecified atom stereocenters. The van der Waals surface area contributed by atoms with Gasteiger partial charge in [-0.05, 0) is 43.4 Å². The van der Waals surface area contributed by atoms with Crippen LogP contribution < -0.4 is 0 Å². The van der Waals surface area contributed by atoms with Crippen LogP contribution in [0, 0.1) is 19.8 Å². The zero-order valence-corrected chi connectivity index (χ0v) is 11.8. The van der Waals surface area contributed by atoms with Crippen molar-refractivity contribution in [2.75, 3.05) is 0 Å². The molecule has 2 heteroatoms. The largest absolute Gasteiger partial charge is 0.244 e. The third kappa shape index (κ3) is 2.75. The van der Waals surface area contributed by atoms with E-state index in [0.717, 1.165) is 12.1 Å². The van der Waals surface area contributed by atoms with E-state index in [1.807, 2.05) is 5.51 Å². The highest BCUT2D eigenvalue weighted by molar-refractivity contribution is 7.10. The van der Waals surface area contributed by atoms with Crippen molar-refractivity contribution >= 4 is 11.3 Å². The molecule has 1 aromatic heterocycles. The van der Waals surface area contributed by atoms with Crippen LogP contribution in [0.15, 0.2) is 23.7 Å². The maximum atomic E-state index is 4.44. The lowest BCUT2D eigenvalue weighted by Gasteiger charge is -2.10. The topological polar surface area (TPSA) is 12.9 Å². The normalized spacial score (nSPS) is 11.1. The second-order valence-electron chi connectivity index (χ2n) is 5.00. The van der Waals surface area contributed by atoms with E-state index >= 15 is 0 Å². The van der Waals surface area contributed by atoms with E-state index in [2.05, 4.69) is 50.9 Å². The highest BCUT2D eigenvalue weighted by Gasteiger charge is 2.07. The summed E-state index contributed by atoms with van der Waals surface area (Å²) in [4.78, 5) is 5.73. The summed E-state index contributed by atoms with van der Waals surface area (Å²) in [5.74, 6) is 0.709.